The molecule has 4 saturated carbocycles. The molecule has 10 rings (SSSR count). The van der Waals surface area contributed by atoms with Crippen LogP contribution in [0.1, 0.15) is 88.3 Å². The van der Waals surface area contributed by atoms with Crippen LogP contribution in [0.2, 0.25) is 0 Å². The lowest BCUT2D eigenvalue weighted by Gasteiger charge is -2.69. The van der Waals surface area contributed by atoms with E-state index in [1.165, 1.54) is 6.42 Å². The standard InChI is InChI=1S/C43H55N9O4S/c1-27-29-9-8-14-51(37(29)49-48-36(27)47-39-45-32-10-6-7-11-33(32)57-39)34-13-12-30(35(46-34)38(54)55)31-19-44-52(28(31)2)26-42-21-40(3)20-41(4,22-42)24-43(23-40,25-42)56-18-16-50(5)15-17-53/h6-7,10-13,19,48-49,53H,8-9,14-18,20-26H2,1-5H3,(H,45,47)(H,54,55). The summed E-state index contributed by atoms with van der Waals surface area (Å²) in [5, 5.41) is 29.2. The second-order valence-electron chi connectivity index (χ2n) is 18.4. The van der Waals surface area contributed by atoms with Crippen LogP contribution < -0.4 is 21.1 Å². The maximum atomic E-state index is 12.9. The van der Waals surface area contributed by atoms with Gasteiger partial charge in [-0.25, -0.2) is 14.8 Å². The number of hydrogen-bond acceptors (Lipinski definition) is 12. The number of hydrazine groups is 1. The lowest BCUT2D eigenvalue weighted by atomic mass is 9.39. The molecule has 2 aliphatic heterocycles. The summed E-state index contributed by atoms with van der Waals surface area (Å²) in [6.07, 6.45) is 10.3. The first-order chi connectivity index (χ1) is 27.3. The van der Waals surface area contributed by atoms with Gasteiger partial charge in [0.15, 0.2) is 10.8 Å². The molecule has 4 bridgehead atoms. The number of carbonyl (C=O) groups is 1. The first-order valence-corrected chi connectivity index (χ1v) is 21.2. The molecule has 4 aliphatic carbocycles. The summed E-state index contributed by atoms with van der Waals surface area (Å²) in [6.45, 7) is 12.8. The van der Waals surface area contributed by atoms with E-state index in [-0.39, 0.29) is 34.1 Å². The molecule has 302 valence electrons. The van der Waals surface area contributed by atoms with Gasteiger partial charge < -0.3 is 30.1 Å². The Bertz CT molecular complexity index is 2240. The highest BCUT2D eigenvalue weighted by molar-refractivity contribution is 7.22. The molecule has 0 spiro atoms. The smallest absolute Gasteiger partial charge is 0.355 e. The van der Waals surface area contributed by atoms with Crippen molar-refractivity contribution >= 4 is 38.5 Å². The molecule has 3 aromatic heterocycles. The summed E-state index contributed by atoms with van der Waals surface area (Å²) >= 11 is 1.61. The van der Waals surface area contributed by atoms with E-state index in [1.54, 1.807) is 11.3 Å². The predicted octanol–water partition coefficient (Wildman–Crippen LogP) is 6.88. The monoisotopic (exact) mass is 793 g/mol. The van der Waals surface area contributed by atoms with Gasteiger partial charge in [0, 0.05) is 48.6 Å². The van der Waals surface area contributed by atoms with E-state index in [9.17, 15) is 15.0 Å². The number of aliphatic hydroxyl groups excluding tert-OH is 1. The van der Waals surface area contributed by atoms with E-state index < -0.39 is 5.97 Å². The lowest BCUT2D eigenvalue weighted by Crippen LogP contribution is -2.64. The van der Waals surface area contributed by atoms with Crippen molar-refractivity contribution in [3.63, 3.8) is 0 Å². The largest absolute Gasteiger partial charge is 0.476 e. The molecular weight excluding hydrogens is 739 g/mol. The second kappa shape index (κ2) is 14.1. The van der Waals surface area contributed by atoms with Crippen molar-refractivity contribution in [1.82, 2.24) is 35.5 Å². The minimum Gasteiger partial charge on any atom is -0.476 e. The Morgan fingerprint density at radius 3 is 2.54 bits per heavy atom. The van der Waals surface area contributed by atoms with Gasteiger partial charge in [0.2, 0.25) is 0 Å². The number of carboxylic acids is 1. The number of nitrogens with zero attached hydrogens (tertiary/aromatic N) is 6. The minimum absolute atomic E-state index is 0.0189. The topological polar surface area (TPSA) is 153 Å². The third-order valence-corrected chi connectivity index (χ3v) is 14.2. The Hall–Kier alpha value is -4.50. The van der Waals surface area contributed by atoms with E-state index >= 15 is 0 Å². The van der Waals surface area contributed by atoms with Crippen molar-refractivity contribution < 1.29 is 19.7 Å². The van der Waals surface area contributed by atoms with Crippen LogP contribution in [-0.4, -0.2) is 86.3 Å². The van der Waals surface area contributed by atoms with Gasteiger partial charge in [-0.05, 0) is 118 Å². The zero-order chi connectivity index (χ0) is 39.7. The van der Waals surface area contributed by atoms with E-state index in [4.69, 9.17) is 19.8 Å². The summed E-state index contributed by atoms with van der Waals surface area (Å²) in [4.78, 5) is 26.7. The molecule has 57 heavy (non-hydrogen) atoms. The van der Waals surface area contributed by atoms with Crippen LogP contribution in [0.25, 0.3) is 21.3 Å². The van der Waals surface area contributed by atoms with E-state index in [1.807, 2.05) is 43.6 Å². The number of anilines is 2. The quantitative estimate of drug-likeness (QED) is 0.0959. The zero-order valence-electron chi connectivity index (χ0n) is 33.7. The fourth-order valence-electron chi connectivity index (χ4n) is 12.1. The Morgan fingerprint density at radius 1 is 1.00 bits per heavy atom. The Kier molecular flexibility index (Phi) is 9.41. The number of hydrogen-bond donors (Lipinski definition) is 5. The molecule has 2 unspecified atom stereocenters. The highest BCUT2D eigenvalue weighted by Gasteiger charge is 2.66. The molecule has 5 heterocycles. The summed E-state index contributed by atoms with van der Waals surface area (Å²) in [5.74, 6) is 1.24. The molecule has 0 radical (unpaired) electrons. The minimum atomic E-state index is -1.07. The molecule has 4 fully saturated rings. The number of nitrogens with one attached hydrogen (secondary N) is 3. The van der Waals surface area contributed by atoms with Gasteiger partial charge in [0.25, 0.3) is 0 Å². The Balaban J connectivity index is 0.965. The highest BCUT2D eigenvalue weighted by atomic mass is 32.1. The van der Waals surface area contributed by atoms with Gasteiger partial charge in [-0.3, -0.25) is 15.5 Å². The van der Waals surface area contributed by atoms with Gasteiger partial charge in [0.1, 0.15) is 17.5 Å². The van der Waals surface area contributed by atoms with Gasteiger partial charge in [-0.2, -0.15) is 5.10 Å². The van der Waals surface area contributed by atoms with E-state index in [2.05, 4.69) is 64.4 Å². The van der Waals surface area contributed by atoms with Crippen molar-refractivity contribution in [2.75, 3.05) is 50.1 Å². The average molecular weight is 794 g/mol. The van der Waals surface area contributed by atoms with Crippen molar-refractivity contribution in [2.45, 2.75) is 91.2 Å². The average Bonchev–Trinajstić information content (AvgIpc) is 3.72. The van der Waals surface area contributed by atoms with E-state index in [0.29, 0.717) is 31.1 Å². The first kappa shape index (κ1) is 38.0. The predicted molar refractivity (Wildman–Crippen MR) is 223 cm³/mol. The van der Waals surface area contributed by atoms with Crippen LogP contribution in [0.15, 0.2) is 65.4 Å². The summed E-state index contributed by atoms with van der Waals surface area (Å²) in [6, 6.07) is 11.9. The highest BCUT2D eigenvalue weighted by Crippen LogP contribution is 2.72. The zero-order valence-corrected chi connectivity index (χ0v) is 34.6. The molecule has 13 nitrogen and oxygen atoms in total. The molecule has 1 aromatic carbocycles. The molecule has 5 N–H and O–H groups in total. The Labute approximate surface area is 338 Å². The van der Waals surface area contributed by atoms with E-state index in [0.717, 1.165) is 107 Å². The van der Waals surface area contributed by atoms with Crippen LogP contribution in [0.5, 0.6) is 0 Å². The number of carboxylic acid groups (broad SMARTS) is 1. The number of thiazole rings is 1. The number of aromatic nitrogens is 4. The number of ether oxygens (including phenoxy) is 1. The van der Waals surface area contributed by atoms with Crippen LogP contribution in [0, 0.1) is 23.2 Å². The number of aromatic carboxylic acids is 1. The number of likely N-dealkylation sites (N-methyl/N-ethyl adjacent to an activating group) is 1. The lowest BCUT2D eigenvalue weighted by molar-refractivity contribution is -0.248. The fraction of sp³-hybridized carbons (Fsp3) is 0.535. The van der Waals surface area contributed by atoms with Crippen molar-refractivity contribution in [3.05, 3.63) is 76.8 Å². The number of allylic oxidation sites excluding steroid dienone is 2. The van der Waals surface area contributed by atoms with Crippen molar-refractivity contribution in [2.24, 2.45) is 16.2 Å². The van der Waals surface area contributed by atoms with Crippen molar-refractivity contribution in [1.29, 1.82) is 0 Å². The van der Waals surface area contributed by atoms with Crippen LogP contribution in [0.3, 0.4) is 0 Å². The maximum Gasteiger partial charge on any atom is 0.355 e. The second-order valence-corrected chi connectivity index (χ2v) is 19.4. The van der Waals surface area contributed by atoms with Gasteiger partial charge in [-0.15, -0.1) is 0 Å². The fourth-order valence-corrected chi connectivity index (χ4v) is 13.0. The number of aliphatic hydroxyl groups is 1. The molecular formula is C43H55N9O4S. The SMILES string of the molecule is CC1=C(Nc2nc3ccccc3s2)NNC2=C1CCCN2c1ccc(-c2cnn(CC34CC5(C)CC(C)(C3)CC(OCCN(C)CCO)(C5)C4)c2C)c(C(=O)O)n1. The number of rotatable bonds is 13. The van der Waals surface area contributed by atoms with Gasteiger partial charge in [0.05, 0.1) is 35.2 Å². The number of para-hydroxylation sites is 1. The molecule has 0 amide bonds. The maximum absolute atomic E-state index is 12.9. The summed E-state index contributed by atoms with van der Waals surface area (Å²) < 4.78 is 10.1. The van der Waals surface area contributed by atoms with Crippen LogP contribution in [0.4, 0.5) is 10.9 Å². The van der Waals surface area contributed by atoms with Crippen LogP contribution >= 0.6 is 11.3 Å². The number of benzene rings is 1. The van der Waals surface area contributed by atoms with Gasteiger partial charge >= 0.3 is 5.97 Å². The first-order valence-electron chi connectivity index (χ1n) is 20.4. The molecule has 6 aliphatic rings. The third kappa shape index (κ3) is 6.98. The number of pyridine rings is 1. The summed E-state index contributed by atoms with van der Waals surface area (Å²) in [5.41, 5.74) is 12.6. The molecule has 0 saturated heterocycles. The third-order valence-electron chi connectivity index (χ3n) is 13.3. The Morgan fingerprint density at radius 2 is 1.79 bits per heavy atom. The molecule has 2 atom stereocenters. The molecule has 4 aromatic rings. The summed E-state index contributed by atoms with van der Waals surface area (Å²) in [7, 11) is 2.03. The normalized spacial score (nSPS) is 27.9. The van der Waals surface area contributed by atoms with Gasteiger partial charge in [-0.1, -0.05) is 37.3 Å². The molecule has 14 heteroatoms. The van der Waals surface area contributed by atoms with Crippen LogP contribution in [-0.2, 0) is 11.3 Å². The van der Waals surface area contributed by atoms with Crippen molar-refractivity contribution in [3.8, 4) is 11.1 Å². The number of fused-ring (bicyclic) bond motifs is 1.